The molecule has 5 rings (SSSR count). The van der Waals surface area contributed by atoms with E-state index in [0.717, 1.165) is 12.1 Å². The van der Waals surface area contributed by atoms with Crippen LogP contribution in [0.1, 0.15) is 50.8 Å². The summed E-state index contributed by atoms with van der Waals surface area (Å²) in [6.07, 6.45) is 2.16. The largest absolute Gasteiger partial charge is 0.481 e. The van der Waals surface area contributed by atoms with Gasteiger partial charge in [0.05, 0.1) is 23.7 Å². The van der Waals surface area contributed by atoms with Crippen LogP contribution < -0.4 is 0 Å². The number of hydrogen-bond acceptors (Lipinski definition) is 3. The van der Waals surface area contributed by atoms with Crippen molar-refractivity contribution in [3.63, 3.8) is 0 Å². The minimum absolute atomic E-state index is 0.234. The Morgan fingerprint density at radius 1 is 1.26 bits per heavy atom. The Hall–Kier alpha value is -3.33. The number of methoxy groups -OCH3 is 1. The van der Waals surface area contributed by atoms with Crippen molar-refractivity contribution in [3.8, 4) is 5.69 Å². The quantitative estimate of drug-likeness (QED) is 0.361. The van der Waals surface area contributed by atoms with Crippen LogP contribution in [0.3, 0.4) is 0 Å². The monoisotopic (exact) mass is 485 g/mol. The van der Waals surface area contributed by atoms with E-state index in [9.17, 15) is 18.7 Å². The number of rotatable bonds is 6. The number of nitrogens with zero attached hydrogens (tertiary/aromatic N) is 2. The van der Waals surface area contributed by atoms with Gasteiger partial charge in [-0.15, -0.1) is 0 Å². The number of fused-ring (bicyclic) bond motifs is 2. The molecule has 184 valence electrons. The Bertz CT molecular complexity index is 1480. The lowest BCUT2D eigenvalue weighted by Crippen LogP contribution is -2.41. The lowest BCUT2D eigenvalue weighted by Gasteiger charge is -2.43. The van der Waals surface area contributed by atoms with Crippen molar-refractivity contribution < 1.29 is 27.8 Å². The van der Waals surface area contributed by atoms with E-state index in [4.69, 9.17) is 4.74 Å². The van der Waals surface area contributed by atoms with Crippen molar-refractivity contribution in [1.29, 1.82) is 0 Å². The first-order valence-corrected chi connectivity index (χ1v) is 11.4. The van der Waals surface area contributed by atoms with Crippen molar-refractivity contribution >= 4 is 27.8 Å². The molecule has 2 aromatic carbocycles. The third-order valence-corrected chi connectivity index (χ3v) is 7.27. The molecular formula is C26H26F3N3O3. The maximum atomic E-state index is 16.1. The Morgan fingerprint density at radius 3 is 2.60 bits per heavy atom. The zero-order valence-corrected chi connectivity index (χ0v) is 19.9. The number of aromatic nitrogens is 3. The molecule has 6 nitrogen and oxygen atoms in total. The van der Waals surface area contributed by atoms with E-state index < -0.39 is 34.3 Å². The second kappa shape index (κ2) is 7.84. The average Bonchev–Trinajstić information content (AvgIpc) is 3.37. The summed E-state index contributed by atoms with van der Waals surface area (Å²) in [6.45, 7) is 5.82. The summed E-state index contributed by atoms with van der Waals surface area (Å²) < 4.78 is 51.6. The molecule has 0 radical (unpaired) electrons. The molecule has 0 aliphatic heterocycles. The van der Waals surface area contributed by atoms with Gasteiger partial charge in [0.25, 0.3) is 0 Å². The highest BCUT2D eigenvalue weighted by molar-refractivity contribution is 6.00. The van der Waals surface area contributed by atoms with Gasteiger partial charge in [-0.25, -0.2) is 13.2 Å². The van der Waals surface area contributed by atoms with Crippen LogP contribution in [-0.2, 0) is 14.9 Å². The number of carboxylic acid groups (broad SMARTS) is 1. The molecule has 9 heteroatoms. The van der Waals surface area contributed by atoms with Gasteiger partial charge in [-0.1, -0.05) is 13.8 Å². The number of aliphatic carboxylic acids is 1. The van der Waals surface area contributed by atoms with Gasteiger partial charge in [0.1, 0.15) is 5.52 Å². The first-order chi connectivity index (χ1) is 16.5. The standard InChI is InChI=1S/C26H26F3N3O3/c1-25(2,12-35-4)23-19(14-9-26(3,10-14)24(33)34)20-18(7-13-11-30-31-22(13)21(20)29)32(23)15-5-6-16(27)17(28)8-15/h5-8,11,14H,9-10,12H2,1-4H3,(H,30,31)(H,33,34)/t14-,26-. The van der Waals surface area contributed by atoms with Gasteiger partial charge in [0.2, 0.25) is 0 Å². The highest BCUT2D eigenvalue weighted by Crippen LogP contribution is 2.56. The lowest BCUT2D eigenvalue weighted by atomic mass is 9.60. The molecule has 0 spiro atoms. The highest BCUT2D eigenvalue weighted by Gasteiger charge is 2.50. The Morgan fingerprint density at radius 2 is 1.97 bits per heavy atom. The van der Waals surface area contributed by atoms with E-state index in [-0.39, 0.29) is 18.0 Å². The molecule has 2 N–H and O–H groups in total. The number of hydrogen-bond donors (Lipinski definition) is 2. The number of benzene rings is 2. The Kier molecular flexibility index (Phi) is 5.25. The van der Waals surface area contributed by atoms with Gasteiger partial charge in [0, 0.05) is 40.7 Å². The number of nitrogens with one attached hydrogen (secondary N) is 1. The van der Waals surface area contributed by atoms with E-state index in [0.29, 0.717) is 46.1 Å². The fraction of sp³-hybridized carbons (Fsp3) is 0.385. The number of H-pyrrole nitrogens is 1. The number of aromatic amines is 1. The van der Waals surface area contributed by atoms with Crippen molar-refractivity contribution in [1.82, 2.24) is 14.8 Å². The number of carbonyl (C=O) groups is 1. The lowest BCUT2D eigenvalue weighted by molar-refractivity contribution is -0.154. The van der Waals surface area contributed by atoms with Gasteiger partial charge in [-0.3, -0.25) is 9.89 Å². The normalized spacial score (nSPS) is 20.5. The molecule has 0 saturated heterocycles. The van der Waals surface area contributed by atoms with Crippen LogP contribution in [-0.4, -0.2) is 39.6 Å². The maximum absolute atomic E-state index is 16.1. The number of halogens is 3. The molecule has 4 aromatic rings. The summed E-state index contributed by atoms with van der Waals surface area (Å²) in [5, 5.41) is 17.2. The van der Waals surface area contributed by atoms with E-state index in [1.807, 2.05) is 13.8 Å². The van der Waals surface area contributed by atoms with E-state index >= 15 is 4.39 Å². The highest BCUT2D eigenvalue weighted by atomic mass is 19.2. The molecule has 1 aliphatic rings. The van der Waals surface area contributed by atoms with Gasteiger partial charge in [-0.2, -0.15) is 5.10 Å². The molecule has 0 unspecified atom stereocenters. The van der Waals surface area contributed by atoms with E-state index in [2.05, 4.69) is 10.2 Å². The molecule has 2 aromatic heterocycles. The fourth-order valence-electron chi connectivity index (χ4n) is 5.62. The molecular weight excluding hydrogens is 459 g/mol. The molecule has 0 bridgehead atoms. The number of ether oxygens (including phenoxy) is 1. The minimum Gasteiger partial charge on any atom is -0.481 e. The predicted octanol–water partition coefficient (Wildman–Crippen LogP) is 5.82. The van der Waals surface area contributed by atoms with Crippen LogP contribution in [0.15, 0.2) is 30.5 Å². The minimum atomic E-state index is -1.02. The fourth-order valence-corrected chi connectivity index (χ4v) is 5.62. The van der Waals surface area contributed by atoms with Gasteiger partial charge in [0.15, 0.2) is 17.5 Å². The topological polar surface area (TPSA) is 80.1 Å². The first-order valence-electron chi connectivity index (χ1n) is 11.4. The van der Waals surface area contributed by atoms with Crippen LogP contribution in [0.5, 0.6) is 0 Å². The molecule has 35 heavy (non-hydrogen) atoms. The average molecular weight is 486 g/mol. The zero-order valence-electron chi connectivity index (χ0n) is 19.9. The van der Waals surface area contributed by atoms with E-state index in [1.54, 1.807) is 24.7 Å². The summed E-state index contributed by atoms with van der Waals surface area (Å²) in [5.74, 6) is -3.65. The summed E-state index contributed by atoms with van der Waals surface area (Å²) >= 11 is 0. The molecule has 1 saturated carbocycles. The van der Waals surface area contributed by atoms with Crippen LogP contribution in [0.4, 0.5) is 13.2 Å². The third kappa shape index (κ3) is 3.43. The maximum Gasteiger partial charge on any atom is 0.309 e. The molecule has 1 fully saturated rings. The van der Waals surface area contributed by atoms with E-state index in [1.165, 1.54) is 12.3 Å². The molecule has 1 aliphatic carbocycles. The van der Waals surface area contributed by atoms with Crippen LogP contribution in [0, 0.1) is 22.9 Å². The first kappa shape index (κ1) is 23.4. The van der Waals surface area contributed by atoms with Crippen LogP contribution in [0.2, 0.25) is 0 Å². The number of carboxylic acids is 1. The summed E-state index contributed by atoms with van der Waals surface area (Å²) in [4.78, 5) is 11.8. The van der Waals surface area contributed by atoms with Crippen LogP contribution >= 0.6 is 0 Å². The SMILES string of the molecule is COCC(C)(C)c1c([C@H]2C[C@](C)(C(=O)O)C2)c2c(F)c3[nH]ncc3cc2n1-c1ccc(F)c(F)c1. The Labute approximate surface area is 199 Å². The Balaban J connectivity index is 1.91. The summed E-state index contributed by atoms with van der Waals surface area (Å²) in [6, 6.07) is 5.35. The second-order valence-corrected chi connectivity index (χ2v) is 10.4. The zero-order chi connectivity index (χ0) is 25.3. The second-order valence-electron chi connectivity index (χ2n) is 10.4. The summed E-state index contributed by atoms with van der Waals surface area (Å²) in [7, 11) is 1.56. The smallest absolute Gasteiger partial charge is 0.309 e. The molecule has 0 atom stereocenters. The molecule has 2 heterocycles. The van der Waals surface area contributed by atoms with Gasteiger partial charge in [-0.05, 0) is 49.4 Å². The van der Waals surface area contributed by atoms with Crippen molar-refractivity contribution in [3.05, 3.63) is 59.2 Å². The van der Waals surface area contributed by atoms with Crippen molar-refractivity contribution in [2.75, 3.05) is 13.7 Å². The van der Waals surface area contributed by atoms with Gasteiger partial charge < -0.3 is 14.4 Å². The van der Waals surface area contributed by atoms with Crippen molar-refractivity contribution in [2.45, 2.75) is 44.9 Å². The van der Waals surface area contributed by atoms with Crippen LogP contribution in [0.25, 0.3) is 27.5 Å². The third-order valence-electron chi connectivity index (χ3n) is 7.27. The predicted molar refractivity (Wildman–Crippen MR) is 125 cm³/mol. The summed E-state index contributed by atoms with van der Waals surface area (Å²) in [5.41, 5.74) is 0.789. The van der Waals surface area contributed by atoms with Crippen molar-refractivity contribution in [2.24, 2.45) is 5.41 Å². The van der Waals surface area contributed by atoms with Gasteiger partial charge >= 0.3 is 5.97 Å². The molecule has 0 amide bonds.